The number of aromatic nitrogens is 1. The Balaban J connectivity index is 1.84. The number of aliphatic hydroxyl groups excluding tert-OH is 1. The predicted octanol–water partition coefficient (Wildman–Crippen LogP) is 3.22. The Kier molecular flexibility index (Phi) is 4.91. The van der Waals surface area contributed by atoms with Gasteiger partial charge >= 0.3 is 0 Å². The third-order valence-corrected chi connectivity index (χ3v) is 3.98. The lowest BCUT2D eigenvalue weighted by atomic mass is 9.93. The molecule has 0 fully saturated rings. The van der Waals surface area contributed by atoms with E-state index in [-0.39, 0.29) is 12.0 Å². The number of benzene rings is 1. The van der Waals surface area contributed by atoms with Gasteiger partial charge < -0.3 is 10.4 Å². The van der Waals surface area contributed by atoms with E-state index < -0.39 is 0 Å². The summed E-state index contributed by atoms with van der Waals surface area (Å²) in [7, 11) is 0. The molecule has 1 heterocycles. The van der Waals surface area contributed by atoms with Crippen LogP contribution in [0.3, 0.4) is 0 Å². The van der Waals surface area contributed by atoms with Crippen molar-refractivity contribution in [3.8, 4) is 0 Å². The van der Waals surface area contributed by atoms with Crippen LogP contribution >= 0.6 is 11.3 Å². The quantitative estimate of drug-likeness (QED) is 0.888. The summed E-state index contributed by atoms with van der Waals surface area (Å²) in [5.41, 5.74) is 3.44. The second-order valence-corrected chi connectivity index (χ2v) is 6.90. The normalized spacial score (nSPS) is 11.8. The zero-order chi connectivity index (χ0) is 14.6. The Morgan fingerprint density at radius 1 is 1.10 bits per heavy atom. The van der Waals surface area contributed by atoms with Crippen molar-refractivity contribution >= 4 is 11.3 Å². The van der Waals surface area contributed by atoms with Crippen LogP contribution in [0.5, 0.6) is 0 Å². The fraction of sp³-hybridized carbons (Fsp3) is 0.438. The first kappa shape index (κ1) is 15.2. The molecule has 0 saturated carbocycles. The number of rotatable bonds is 5. The first-order valence-corrected chi connectivity index (χ1v) is 7.71. The highest BCUT2D eigenvalue weighted by molar-refractivity contribution is 7.09. The molecule has 0 bridgehead atoms. The molecule has 4 heteroatoms. The van der Waals surface area contributed by atoms with E-state index >= 15 is 0 Å². The number of hydrogen-bond donors (Lipinski definition) is 2. The summed E-state index contributed by atoms with van der Waals surface area (Å²) in [6.45, 7) is 8.26. The van der Waals surface area contributed by atoms with Gasteiger partial charge in [0.1, 0.15) is 5.01 Å². The van der Waals surface area contributed by atoms with Gasteiger partial charge in [-0.25, -0.2) is 4.98 Å². The Morgan fingerprint density at radius 2 is 1.75 bits per heavy atom. The second kappa shape index (κ2) is 6.48. The van der Waals surface area contributed by atoms with Crippen molar-refractivity contribution in [2.24, 2.45) is 0 Å². The van der Waals surface area contributed by atoms with E-state index in [1.807, 2.05) is 24.3 Å². The van der Waals surface area contributed by atoms with E-state index in [0.29, 0.717) is 0 Å². The van der Waals surface area contributed by atoms with Gasteiger partial charge in [0.2, 0.25) is 0 Å². The third kappa shape index (κ3) is 4.13. The lowest BCUT2D eigenvalue weighted by Gasteiger charge is -2.14. The first-order valence-electron chi connectivity index (χ1n) is 6.83. The summed E-state index contributed by atoms with van der Waals surface area (Å²) in [5, 5.41) is 15.7. The summed E-state index contributed by atoms with van der Waals surface area (Å²) in [6.07, 6.45) is 0. The highest BCUT2D eigenvalue weighted by atomic mass is 32.1. The van der Waals surface area contributed by atoms with Crippen molar-refractivity contribution in [2.45, 2.75) is 45.9 Å². The molecule has 0 aliphatic heterocycles. The van der Waals surface area contributed by atoms with E-state index in [1.165, 1.54) is 5.56 Å². The molecule has 0 amide bonds. The maximum atomic E-state index is 9.00. The van der Waals surface area contributed by atoms with Gasteiger partial charge in [0.25, 0.3) is 0 Å². The van der Waals surface area contributed by atoms with Gasteiger partial charge in [-0.2, -0.15) is 0 Å². The average molecular weight is 290 g/mol. The number of hydrogen-bond acceptors (Lipinski definition) is 4. The SMILES string of the molecule is CC(C)(C)c1csc(CNCc2ccc(CO)cc2)n1. The van der Waals surface area contributed by atoms with E-state index in [2.05, 4.69) is 36.5 Å². The van der Waals surface area contributed by atoms with Crippen LogP contribution in [-0.2, 0) is 25.1 Å². The maximum Gasteiger partial charge on any atom is 0.107 e. The van der Waals surface area contributed by atoms with Gasteiger partial charge in [0.15, 0.2) is 0 Å². The lowest BCUT2D eigenvalue weighted by Crippen LogP contribution is -2.14. The minimum atomic E-state index is 0.0996. The van der Waals surface area contributed by atoms with Gasteiger partial charge in [0.05, 0.1) is 12.3 Å². The molecule has 2 rings (SSSR count). The third-order valence-electron chi connectivity index (χ3n) is 3.13. The maximum absolute atomic E-state index is 9.00. The fourth-order valence-electron chi connectivity index (χ4n) is 1.81. The topological polar surface area (TPSA) is 45.1 Å². The number of aliphatic hydroxyl groups is 1. The molecule has 108 valence electrons. The molecule has 20 heavy (non-hydrogen) atoms. The molecule has 1 aromatic carbocycles. The summed E-state index contributed by atoms with van der Waals surface area (Å²) < 4.78 is 0. The lowest BCUT2D eigenvalue weighted by molar-refractivity contribution is 0.282. The van der Waals surface area contributed by atoms with E-state index in [0.717, 1.165) is 29.4 Å². The van der Waals surface area contributed by atoms with Crippen molar-refractivity contribution in [1.82, 2.24) is 10.3 Å². The van der Waals surface area contributed by atoms with Crippen molar-refractivity contribution in [3.05, 3.63) is 51.5 Å². The summed E-state index contributed by atoms with van der Waals surface area (Å²) >= 11 is 1.71. The highest BCUT2D eigenvalue weighted by Crippen LogP contribution is 2.23. The number of thiazole rings is 1. The molecule has 0 unspecified atom stereocenters. The summed E-state index contributed by atoms with van der Waals surface area (Å²) in [6, 6.07) is 8.00. The molecule has 0 aliphatic carbocycles. The van der Waals surface area contributed by atoms with Crippen molar-refractivity contribution in [2.75, 3.05) is 0 Å². The highest BCUT2D eigenvalue weighted by Gasteiger charge is 2.17. The van der Waals surface area contributed by atoms with Gasteiger partial charge in [-0.05, 0) is 11.1 Å². The summed E-state index contributed by atoms with van der Waals surface area (Å²) in [4.78, 5) is 4.66. The Bertz CT molecular complexity index is 540. The predicted molar refractivity (Wildman–Crippen MR) is 83.7 cm³/mol. The molecule has 0 saturated heterocycles. The molecule has 0 radical (unpaired) electrons. The molecule has 0 atom stereocenters. The van der Waals surface area contributed by atoms with Crippen LogP contribution in [0.25, 0.3) is 0 Å². The van der Waals surface area contributed by atoms with Crippen LogP contribution in [0.4, 0.5) is 0 Å². The largest absolute Gasteiger partial charge is 0.392 e. The zero-order valence-corrected chi connectivity index (χ0v) is 13.1. The smallest absolute Gasteiger partial charge is 0.107 e. The van der Waals surface area contributed by atoms with E-state index in [4.69, 9.17) is 5.11 Å². The van der Waals surface area contributed by atoms with Gasteiger partial charge in [-0.1, -0.05) is 45.0 Å². The molecule has 0 aliphatic rings. The van der Waals surface area contributed by atoms with Crippen molar-refractivity contribution in [1.29, 1.82) is 0 Å². The average Bonchev–Trinajstić information content (AvgIpc) is 2.88. The van der Waals surface area contributed by atoms with E-state index in [9.17, 15) is 0 Å². The van der Waals surface area contributed by atoms with Crippen LogP contribution in [0.15, 0.2) is 29.6 Å². The Labute approximate surface area is 124 Å². The summed E-state index contributed by atoms with van der Waals surface area (Å²) in [5.74, 6) is 0. The minimum Gasteiger partial charge on any atom is -0.392 e. The minimum absolute atomic E-state index is 0.0996. The van der Waals surface area contributed by atoms with Crippen LogP contribution in [0.2, 0.25) is 0 Å². The van der Waals surface area contributed by atoms with Crippen molar-refractivity contribution < 1.29 is 5.11 Å². The second-order valence-electron chi connectivity index (χ2n) is 5.95. The van der Waals surface area contributed by atoms with E-state index in [1.54, 1.807) is 11.3 Å². The van der Waals surface area contributed by atoms with Crippen LogP contribution in [-0.4, -0.2) is 10.1 Å². The van der Waals surface area contributed by atoms with Crippen molar-refractivity contribution in [3.63, 3.8) is 0 Å². The first-order chi connectivity index (χ1) is 9.49. The van der Waals surface area contributed by atoms with Gasteiger partial charge in [-0.3, -0.25) is 0 Å². The monoisotopic (exact) mass is 290 g/mol. The van der Waals surface area contributed by atoms with Crippen LogP contribution < -0.4 is 5.32 Å². The standard InChI is InChI=1S/C16H22N2OS/c1-16(2,3)14-11-20-15(18-14)9-17-8-12-4-6-13(10-19)7-5-12/h4-7,11,17,19H,8-10H2,1-3H3. The van der Waals surface area contributed by atoms with Crippen LogP contribution in [0.1, 0.15) is 42.6 Å². The molecular weight excluding hydrogens is 268 g/mol. The molecule has 2 N–H and O–H groups in total. The zero-order valence-electron chi connectivity index (χ0n) is 12.3. The molecule has 2 aromatic rings. The van der Waals surface area contributed by atoms with Crippen LogP contribution in [0, 0.1) is 0 Å². The Hall–Kier alpha value is -1.23. The fourth-order valence-corrected chi connectivity index (χ4v) is 2.80. The Morgan fingerprint density at radius 3 is 2.30 bits per heavy atom. The number of nitrogens with zero attached hydrogens (tertiary/aromatic N) is 1. The molecule has 1 aromatic heterocycles. The molecule has 3 nitrogen and oxygen atoms in total. The number of nitrogens with one attached hydrogen (secondary N) is 1. The molecule has 0 spiro atoms. The van der Waals surface area contributed by atoms with Gasteiger partial charge in [-0.15, -0.1) is 11.3 Å². The molecular formula is C16H22N2OS. The van der Waals surface area contributed by atoms with Gasteiger partial charge in [0, 0.05) is 23.9 Å².